The van der Waals surface area contributed by atoms with Crippen LogP contribution >= 0.6 is 0 Å². The Morgan fingerprint density at radius 1 is 1.50 bits per heavy atom. The van der Waals surface area contributed by atoms with Gasteiger partial charge in [0.1, 0.15) is 5.82 Å². The lowest BCUT2D eigenvalue weighted by atomic mass is 10.1. The van der Waals surface area contributed by atoms with Crippen molar-refractivity contribution in [3.63, 3.8) is 0 Å². The van der Waals surface area contributed by atoms with E-state index in [1.807, 2.05) is 7.05 Å². The van der Waals surface area contributed by atoms with Crippen LogP contribution in [0.5, 0.6) is 0 Å². The molecule has 1 saturated carbocycles. The number of rotatable bonds is 7. The van der Waals surface area contributed by atoms with Gasteiger partial charge in [0.2, 0.25) is 0 Å². The molecule has 1 aliphatic carbocycles. The maximum Gasteiger partial charge on any atom is 0.141 e. The topological polar surface area (TPSA) is 28.2 Å². The smallest absolute Gasteiger partial charge is 0.141 e. The molecule has 3 nitrogen and oxygen atoms in total. The second-order valence-corrected chi connectivity index (χ2v) is 5.24. The van der Waals surface area contributed by atoms with Gasteiger partial charge in [0, 0.05) is 6.54 Å². The Balaban J connectivity index is 1.82. The molecule has 1 atom stereocenters. The zero-order chi connectivity index (χ0) is 13.0. The molecule has 18 heavy (non-hydrogen) atoms. The van der Waals surface area contributed by atoms with Crippen LogP contribution in [0.3, 0.4) is 0 Å². The van der Waals surface area contributed by atoms with Crippen molar-refractivity contribution in [2.24, 2.45) is 5.92 Å². The monoisotopic (exact) mass is 251 g/mol. The van der Waals surface area contributed by atoms with Crippen LogP contribution in [0, 0.1) is 11.7 Å². The van der Waals surface area contributed by atoms with Crippen LogP contribution < -0.4 is 5.32 Å². The normalized spacial score (nSPS) is 17.1. The summed E-state index contributed by atoms with van der Waals surface area (Å²) >= 11 is 0. The summed E-state index contributed by atoms with van der Waals surface area (Å²) in [5, 5.41) is 3.25. The van der Waals surface area contributed by atoms with Gasteiger partial charge >= 0.3 is 0 Å². The number of halogens is 1. The van der Waals surface area contributed by atoms with Crippen LogP contribution in [0.25, 0.3) is 0 Å². The van der Waals surface area contributed by atoms with E-state index >= 15 is 0 Å². The summed E-state index contributed by atoms with van der Waals surface area (Å²) in [6, 6.07) is 3.44. The van der Waals surface area contributed by atoms with Gasteiger partial charge in [0.25, 0.3) is 0 Å². The molecule has 2 rings (SSSR count). The first-order valence-corrected chi connectivity index (χ1v) is 6.66. The fourth-order valence-corrected chi connectivity index (χ4v) is 2.22. The quantitative estimate of drug-likeness (QED) is 0.805. The van der Waals surface area contributed by atoms with E-state index in [0.29, 0.717) is 0 Å². The molecule has 1 aromatic rings. The van der Waals surface area contributed by atoms with E-state index in [1.54, 1.807) is 6.07 Å². The molecule has 1 fully saturated rings. The minimum atomic E-state index is -0.278. The maximum absolute atomic E-state index is 12.8. The van der Waals surface area contributed by atoms with Gasteiger partial charge < -0.3 is 10.2 Å². The van der Waals surface area contributed by atoms with Crippen molar-refractivity contribution in [2.45, 2.75) is 25.3 Å². The highest BCUT2D eigenvalue weighted by atomic mass is 19.1. The fourth-order valence-electron chi connectivity index (χ4n) is 2.22. The highest BCUT2D eigenvalue weighted by Gasteiger charge is 2.23. The lowest BCUT2D eigenvalue weighted by molar-refractivity contribution is 0.298. The molecule has 0 aromatic carbocycles. The van der Waals surface area contributed by atoms with Gasteiger partial charge in [0.15, 0.2) is 0 Å². The van der Waals surface area contributed by atoms with E-state index in [9.17, 15) is 4.39 Å². The van der Waals surface area contributed by atoms with Crippen molar-refractivity contribution in [1.29, 1.82) is 0 Å². The summed E-state index contributed by atoms with van der Waals surface area (Å²) in [5.41, 5.74) is 0.915. The Labute approximate surface area is 108 Å². The van der Waals surface area contributed by atoms with E-state index < -0.39 is 0 Å². The Hall–Kier alpha value is -1.00. The summed E-state index contributed by atoms with van der Waals surface area (Å²) in [4.78, 5) is 6.53. The lowest BCUT2D eigenvalue weighted by Gasteiger charge is -2.21. The molecular formula is C14H22FN3. The molecule has 1 heterocycles. The molecular weight excluding hydrogens is 229 g/mol. The number of hydrogen-bond donors (Lipinski definition) is 1. The van der Waals surface area contributed by atoms with Crippen molar-refractivity contribution in [1.82, 2.24) is 15.2 Å². The number of hydrogen-bond acceptors (Lipinski definition) is 3. The first-order chi connectivity index (χ1) is 8.69. The first kappa shape index (κ1) is 13.4. The summed E-state index contributed by atoms with van der Waals surface area (Å²) in [6.45, 7) is 2.24. The number of pyridine rings is 1. The number of aromatic nitrogens is 1. The van der Waals surface area contributed by atoms with Crippen LogP contribution in [0.2, 0.25) is 0 Å². The molecule has 4 heteroatoms. The summed E-state index contributed by atoms with van der Waals surface area (Å²) < 4.78 is 12.8. The molecule has 1 N–H and O–H groups in total. The summed E-state index contributed by atoms with van der Waals surface area (Å²) in [7, 11) is 4.10. The third-order valence-corrected chi connectivity index (χ3v) is 3.52. The van der Waals surface area contributed by atoms with Crippen molar-refractivity contribution in [2.75, 3.05) is 27.2 Å². The van der Waals surface area contributed by atoms with Gasteiger partial charge in [-0.05, 0) is 58.0 Å². The van der Waals surface area contributed by atoms with E-state index in [4.69, 9.17) is 0 Å². The van der Waals surface area contributed by atoms with Crippen LogP contribution in [0.1, 0.15) is 31.0 Å². The van der Waals surface area contributed by atoms with Gasteiger partial charge in [-0.1, -0.05) is 0 Å². The first-order valence-electron chi connectivity index (χ1n) is 6.66. The van der Waals surface area contributed by atoms with Crippen LogP contribution in [-0.4, -0.2) is 37.1 Å². The largest absolute Gasteiger partial charge is 0.312 e. The highest BCUT2D eigenvalue weighted by molar-refractivity contribution is 5.09. The van der Waals surface area contributed by atoms with Crippen molar-refractivity contribution in [3.05, 3.63) is 29.8 Å². The molecule has 100 valence electrons. The Morgan fingerprint density at radius 2 is 2.28 bits per heavy atom. The van der Waals surface area contributed by atoms with E-state index in [1.165, 1.54) is 31.6 Å². The predicted octanol–water partition coefficient (Wildman–Crippen LogP) is 2.21. The maximum atomic E-state index is 12.8. The third kappa shape index (κ3) is 4.03. The second-order valence-electron chi connectivity index (χ2n) is 5.24. The van der Waals surface area contributed by atoms with Gasteiger partial charge in [0.05, 0.1) is 17.9 Å². The van der Waals surface area contributed by atoms with Crippen LogP contribution in [-0.2, 0) is 0 Å². The molecule has 1 unspecified atom stereocenters. The lowest BCUT2D eigenvalue weighted by Crippen LogP contribution is -2.27. The van der Waals surface area contributed by atoms with E-state index in [0.717, 1.165) is 24.6 Å². The summed E-state index contributed by atoms with van der Waals surface area (Å²) in [5.74, 6) is 0.645. The minimum absolute atomic E-state index is 0.201. The van der Waals surface area contributed by atoms with Crippen molar-refractivity contribution >= 4 is 0 Å². The number of nitrogens with zero attached hydrogens (tertiary/aromatic N) is 2. The molecule has 0 spiro atoms. The Kier molecular flexibility index (Phi) is 4.66. The molecule has 1 aliphatic rings. The van der Waals surface area contributed by atoms with Gasteiger partial charge in [-0.2, -0.15) is 0 Å². The SMILES string of the molecule is CNC(CCN(C)CC1CC1)c1ccc(F)cn1. The standard InChI is InChI=1S/C14H22FN3/c1-16-13(14-6-5-12(15)9-17-14)7-8-18(2)10-11-3-4-11/h5-6,9,11,13,16H,3-4,7-8,10H2,1-2H3. The van der Waals surface area contributed by atoms with Gasteiger partial charge in [-0.25, -0.2) is 4.39 Å². The predicted molar refractivity (Wildman–Crippen MR) is 70.8 cm³/mol. The average molecular weight is 251 g/mol. The zero-order valence-corrected chi connectivity index (χ0v) is 11.2. The molecule has 0 amide bonds. The minimum Gasteiger partial charge on any atom is -0.312 e. The molecule has 0 aliphatic heterocycles. The van der Waals surface area contributed by atoms with E-state index in [-0.39, 0.29) is 11.9 Å². The zero-order valence-electron chi connectivity index (χ0n) is 11.2. The molecule has 0 radical (unpaired) electrons. The molecule has 1 aromatic heterocycles. The van der Waals surface area contributed by atoms with Crippen molar-refractivity contribution < 1.29 is 4.39 Å². The summed E-state index contributed by atoms with van der Waals surface area (Å²) in [6.07, 6.45) is 5.06. The Morgan fingerprint density at radius 3 is 2.83 bits per heavy atom. The van der Waals surface area contributed by atoms with Crippen LogP contribution in [0.15, 0.2) is 18.3 Å². The molecule has 0 bridgehead atoms. The highest BCUT2D eigenvalue weighted by Crippen LogP contribution is 2.29. The second kappa shape index (κ2) is 6.25. The average Bonchev–Trinajstić information content (AvgIpc) is 3.16. The van der Waals surface area contributed by atoms with Gasteiger partial charge in [-0.3, -0.25) is 4.98 Å². The van der Waals surface area contributed by atoms with Crippen LogP contribution in [0.4, 0.5) is 4.39 Å². The van der Waals surface area contributed by atoms with Gasteiger partial charge in [-0.15, -0.1) is 0 Å². The van der Waals surface area contributed by atoms with E-state index in [2.05, 4.69) is 22.2 Å². The molecule has 0 saturated heterocycles. The number of nitrogens with one attached hydrogen (secondary N) is 1. The Bertz CT molecular complexity index is 362. The fraction of sp³-hybridized carbons (Fsp3) is 0.643. The van der Waals surface area contributed by atoms with Crippen molar-refractivity contribution in [3.8, 4) is 0 Å². The third-order valence-electron chi connectivity index (χ3n) is 3.52.